The zero-order chi connectivity index (χ0) is 12.4. The number of nitrogens with zero attached hydrogens (tertiary/aromatic N) is 1. The van der Waals surface area contributed by atoms with Crippen molar-refractivity contribution in [1.82, 2.24) is 10.2 Å². The predicted molar refractivity (Wildman–Crippen MR) is 76.7 cm³/mol. The van der Waals surface area contributed by atoms with Crippen LogP contribution in [0.15, 0.2) is 0 Å². The highest BCUT2D eigenvalue weighted by Crippen LogP contribution is 2.30. The minimum Gasteiger partial charge on any atom is -0.310 e. The maximum absolute atomic E-state index is 4.01. The first kappa shape index (κ1) is 12.9. The highest BCUT2D eigenvalue weighted by atomic mass is 15.2. The largest absolute Gasteiger partial charge is 0.310 e. The minimum atomic E-state index is 0.744. The third-order valence-corrected chi connectivity index (χ3v) is 5.74. The van der Waals surface area contributed by atoms with Crippen LogP contribution in [0.3, 0.4) is 0 Å². The normalized spacial score (nSPS) is 39.5. The van der Waals surface area contributed by atoms with Crippen molar-refractivity contribution in [1.29, 1.82) is 0 Å². The lowest BCUT2D eigenvalue weighted by molar-refractivity contribution is 0.0630. The Morgan fingerprint density at radius 2 is 1.61 bits per heavy atom. The molecule has 0 radical (unpaired) electrons. The summed E-state index contributed by atoms with van der Waals surface area (Å²) in [6, 6.07) is 1.54. The van der Waals surface area contributed by atoms with Crippen LogP contribution in [-0.4, -0.2) is 36.6 Å². The van der Waals surface area contributed by atoms with Crippen molar-refractivity contribution >= 4 is 0 Å². The molecule has 4 rings (SSSR count). The average molecular weight is 250 g/mol. The molecule has 4 aliphatic rings. The summed E-state index contributed by atoms with van der Waals surface area (Å²) < 4.78 is 0. The Morgan fingerprint density at radius 3 is 2.17 bits per heavy atom. The van der Waals surface area contributed by atoms with Gasteiger partial charge in [-0.1, -0.05) is 25.7 Å². The first-order chi connectivity index (χ1) is 8.83. The summed E-state index contributed by atoms with van der Waals surface area (Å²) in [6.45, 7) is 6.50. The van der Waals surface area contributed by atoms with E-state index in [9.17, 15) is 0 Å². The summed E-state index contributed by atoms with van der Waals surface area (Å²) in [5.41, 5.74) is 0. The van der Waals surface area contributed by atoms with Crippen LogP contribution in [0.25, 0.3) is 0 Å². The number of rotatable bonds is 3. The Hall–Kier alpha value is -0.0800. The molecule has 2 heteroatoms. The van der Waals surface area contributed by atoms with E-state index in [0.29, 0.717) is 0 Å². The van der Waals surface area contributed by atoms with Crippen molar-refractivity contribution in [2.45, 2.75) is 70.4 Å². The highest BCUT2D eigenvalue weighted by molar-refractivity contribution is 4.92. The van der Waals surface area contributed by atoms with E-state index in [-0.39, 0.29) is 0 Å². The van der Waals surface area contributed by atoms with Crippen molar-refractivity contribution in [3.05, 3.63) is 0 Å². The molecule has 0 spiro atoms. The van der Waals surface area contributed by atoms with E-state index in [1.165, 1.54) is 71.0 Å². The van der Waals surface area contributed by atoms with Crippen LogP contribution in [-0.2, 0) is 0 Å². The SMILES string of the molecule is C[C@H](NC1CN2CCC1CC2)C1CCCCCC1. The van der Waals surface area contributed by atoms with Gasteiger partial charge in [0.15, 0.2) is 0 Å². The van der Waals surface area contributed by atoms with Crippen molar-refractivity contribution < 1.29 is 0 Å². The number of hydrogen-bond donors (Lipinski definition) is 1. The zero-order valence-corrected chi connectivity index (χ0v) is 12.0. The summed E-state index contributed by atoms with van der Waals surface area (Å²) >= 11 is 0. The van der Waals surface area contributed by atoms with E-state index in [0.717, 1.165) is 23.9 Å². The van der Waals surface area contributed by atoms with E-state index in [4.69, 9.17) is 0 Å². The van der Waals surface area contributed by atoms with E-state index in [2.05, 4.69) is 17.1 Å². The molecule has 104 valence electrons. The van der Waals surface area contributed by atoms with Crippen molar-refractivity contribution in [3.8, 4) is 0 Å². The van der Waals surface area contributed by atoms with Gasteiger partial charge in [0.25, 0.3) is 0 Å². The van der Waals surface area contributed by atoms with Gasteiger partial charge in [-0.25, -0.2) is 0 Å². The molecule has 1 aliphatic carbocycles. The number of nitrogens with one attached hydrogen (secondary N) is 1. The van der Waals surface area contributed by atoms with Gasteiger partial charge in [0.05, 0.1) is 0 Å². The summed E-state index contributed by atoms with van der Waals surface area (Å²) in [5.74, 6) is 1.92. The second kappa shape index (κ2) is 5.92. The van der Waals surface area contributed by atoms with Crippen LogP contribution in [0, 0.1) is 11.8 Å². The van der Waals surface area contributed by atoms with E-state index >= 15 is 0 Å². The van der Waals surface area contributed by atoms with Crippen molar-refractivity contribution in [3.63, 3.8) is 0 Å². The molecular formula is C16H30N2. The maximum Gasteiger partial charge on any atom is 0.0226 e. The molecule has 1 unspecified atom stereocenters. The van der Waals surface area contributed by atoms with Gasteiger partial charge in [-0.15, -0.1) is 0 Å². The fraction of sp³-hybridized carbons (Fsp3) is 1.00. The summed E-state index contributed by atoms with van der Waals surface area (Å²) in [5, 5.41) is 4.01. The van der Waals surface area contributed by atoms with Crippen LogP contribution in [0.5, 0.6) is 0 Å². The second-order valence-electron chi connectivity index (χ2n) is 6.95. The number of fused-ring (bicyclic) bond motifs is 3. The molecule has 4 fully saturated rings. The molecule has 0 aromatic carbocycles. The molecule has 2 nitrogen and oxygen atoms in total. The Labute approximate surface area is 113 Å². The zero-order valence-electron chi connectivity index (χ0n) is 12.0. The van der Waals surface area contributed by atoms with Crippen LogP contribution in [0.4, 0.5) is 0 Å². The Balaban J connectivity index is 1.52. The van der Waals surface area contributed by atoms with Crippen LogP contribution in [0.1, 0.15) is 58.3 Å². The molecule has 0 aromatic heterocycles. The Bertz CT molecular complexity index is 250. The topological polar surface area (TPSA) is 15.3 Å². The number of piperidine rings is 3. The van der Waals surface area contributed by atoms with Gasteiger partial charge in [-0.05, 0) is 57.5 Å². The quantitative estimate of drug-likeness (QED) is 0.775. The Kier molecular flexibility index (Phi) is 4.25. The predicted octanol–water partition coefficient (Wildman–Crippen LogP) is 3.03. The van der Waals surface area contributed by atoms with Crippen molar-refractivity contribution in [2.24, 2.45) is 11.8 Å². The monoisotopic (exact) mass is 250 g/mol. The summed E-state index contributed by atoms with van der Waals surface area (Å²) in [7, 11) is 0. The summed E-state index contributed by atoms with van der Waals surface area (Å²) in [4.78, 5) is 2.66. The highest BCUT2D eigenvalue weighted by Gasteiger charge is 2.35. The molecule has 2 atom stereocenters. The maximum atomic E-state index is 4.01. The molecule has 3 aliphatic heterocycles. The lowest BCUT2D eigenvalue weighted by atomic mass is 9.82. The van der Waals surface area contributed by atoms with Gasteiger partial charge in [0, 0.05) is 18.6 Å². The third-order valence-electron chi connectivity index (χ3n) is 5.74. The van der Waals surface area contributed by atoms with Gasteiger partial charge < -0.3 is 10.2 Å². The van der Waals surface area contributed by atoms with Crippen LogP contribution >= 0.6 is 0 Å². The van der Waals surface area contributed by atoms with Gasteiger partial charge in [-0.2, -0.15) is 0 Å². The third kappa shape index (κ3) is 2.91. The molecule has 3 saturated heterocycles. The first-order valence-corrected chi connectivity index (χ1v) is 8.31. The lowest BCUT2D eigenvalue weighted by Crippen LogP contribution is -2.58. The van der Waals surface area contributed by atoms with Gasteiger partial charge in [0.2, 0.25) is 0 Å². The standard InChI is InChI=1S/C16H30N2/c1-13(14-6-4-2-3-5-7-14)17-16-12-18-10-8-15(16)9-11-18/h13-17H,2-12H2,1H3/t13-,16?/m0/s1. The van der Waals surface area contributed by atoms with Gasteiger partial charge >= 0.3 is 0 Å². The molecule has 1 N–H and O–H groups in total. The minimum absolute atomic E-state index is 0.744. The molecule has 1 saturated carbocycles. The lowest BCUT2D eigenvalue weighted by Gasteiger charge is -2.46. The van der Waals surface area contributed by atoms with E-state index < -0.39 is 0 Å². The van der Waals surface area contributed by atoms with Crippen LogP contribution in [0.2, 0.25) is 0 Å². The van der Waals surface area contributed by atoms with E-state index in [1.807, 2.05) is 0 Å². The Morgan fingerprint density at radius 1 is 0.944 bits per heavy atom. The number of hydrogen-bond acceptors (Lipinski definition) is 2. The molecule has 3 heterocycles. The fourth-order valence-corrected chi connectivity index (χ4v) is 4.44. The van der Waals surface area contributed by atoms with Crippen molar-refractivity contribution in [2.75, 3.05) is 19.6 Å². The fourth-order valence-electron chi connectivity index (χ4n) is 4.44. The van der Waals surface area contributed by atoms with E-state index in [1.54, 1.807) is 0 Å². The molecule has 18 heavy (non-hydrogen) atoms. The average Bonchev–Trinajstić information content (AvgIpc) is 2.69. The molecule has 2 bridgehead atoms. The van der Waals surface area contributed by atoms with Crippen LogP contribution < -0.4 is 5.32 Å². The molecule has 0 amide bonds. The smallest absolute Gasteiger partial charge is 0.0226 e. The first-order valence-electron chi connectivity index (χ1n) is 8.31. The second-order valence-corrected chi connectivity index (χ2v) is 6.95. The van der Waals surface area contributed by atoms with Gasteiger partial charge in [-0.3, -0.25) is 0 Å². The summed E-state index contributed by atoms with van der Waals surface area (Å²) in [6.07, 6.45) is 11.7. The van der Waals surface area contributed by atoms with Gasteiger partial charge in [0.1, 0.15) is 0 Å². The molecule has 0 aromatic rings. The molecular weight excluding hydrogens is 220 g/mol.